The molecular weight excluding hydrogens is 463 g/mol. The Labute approximate surface area is 163 Å². The first-order valence-electron chi connectivity index (χ1n) is 7.74. The van der Waals surface area contributed by atoms with Crippen LogP contribution >= 0.6 is 0 Å². The second-order valence-electron chi connectivity index (χ2n) is 5.62. The van der Waals surface area contributed by atoms with Crippen LogP contribution < -0.4 is 0 Å². The van der Waals surface area contributed by atoms with Crippen LogP contribution in [0.1, 0.15) is 18.4 Å². The van der Waals surface area contributed by atoms with Crippen LogP contribution in [-0.2, 0) is 23.8 Å². The van der Waals surface area contributed by atoms with Crippen LogP contribution in [0.15, 0.2) is 30.3 Å². The topological polar surface area (TPSA) is 69.7 Å². The molecule has 0 saturated heterocycles. The Morgan fingerprint density at radius 3 is 1.87 bits per heavy atom. The molecule has 0 amide bonds. The molecule has 0 spiro atoms. The minimum atomic E-state index is -7.43. The standard InChI is InChI=1S/C15H13F9O5S/c1-2-28-11(25)10(9-6-4-3-5-7-9)8-29-30(26,27)15(23,24)13(18,19)12(16,17)14(20,21)22/h3-7,10H,2,8H2,1H3. The Morgan fingerprint density at radius 2 is 1.43 bits per heavy atom. The lowest BCUT2D eigenvalue weighted by molar-refractivity contribution is -0.382. The van der Waals surface area contributed by atoms with Gasteiger partial charge < -0.3 is 4.74 Å². The number of hydrogen-bond acceptors (Lipinski definition) is 5. The Hall–Kier alpha value is -2.03. The van der Waals surface area contributed by atoms with Crippen LogP contribution in [0, 0.1) is 0 Å². The fourth-order valence-corrected chi connectivity index (χ4v) is 2.88. The molecule has 0 aliphatic heterocycles. The third kappa shape index (κ3) is 4.66. The van der Waals surface area contributed by atoms with Crippen molar-refractivity contribution in [1.29, 1.82) is 0 Å². The maximum absolute atomic E-state index is 13.6. The molecule has 172 valence electrons. The first-order chi connectivity index (χ1) is 13.4. The second kappa shape index (κ2) is 8.61. The van der Waals surface area contributed by atoms with Gasteiger partial charge in [0.05, 0.1) is 13.2 Å². The normalized spacial score (nSPS) is 15.0. The molecule has 0 aliphatic carbocycles. The smallest absolute Gasteiger partial charge is 0.460 e. The molecule has 1 aromatic rings. The number of ether oxygens (including phenoxy) is 1. The Morgan fingerprint density at radius 1 is 0.933 bits per heavy atom. The van der Waals surface area contributed by atoms with E-state index in [1.807, 2.05) is 0 Å². The van der Waals surface area contributed by atoms with Crippen molar-refractivity contribution in [3.05, 3.63) is 35.9 Å². The molecule has 5 nitrogen and oxygen atoms in total. The Bertz CT molecular complexity index is 838. The molecule has 0 aliphatic rings. The van der Waals surface area contributed by atoms with Crippen LogP contribution in [0.4, 0.5) is 39.5 Å². The summed E-state index contributed by atoms with van der Waals surface area (Å²) in [5, 5.41) is -7.01. The summed E-state index contributed by atoms with van der Waals surface area (Å²) in [7, 11) is -7.08. The molecule has 0 aromatic heterocycles. The zero-order chi connectivity index (χ0) is 23.6. The molecule has 1 rings (SSSR count). The third-order valence-electron chi connectivity index (χ3n) is 3.59. The molecule has 0 fully saturated rings. The van der Waals surface area contributed by atoms with Crippen molar-refractivity contribution in [3.63, 3.8) is 0 Å². The van der Waals surface area contributed by atoms with E-state index in [0.29, 0.717) is 0 Å². The lowest BCUT2D eigenvalue weighted by atomic mass is 10.0. The third-order valence-corrected chi connectivity index (χ3v) is 4.92. The van der Waals surface area contributed by atoms with E-state index in [-0.39, 0.29) is 12.2 Å². The molecule has 0 heterocycles. The van der Waals surface area contributed by atoms with Crippen molar-refractivity contribution in [2.24, 2.45) is 0 Å². The van der Waals surface area contributed by atoms with Gasteiger partial charge in [0.15, 0.2) is 0 Å². The number of alkyl halides is 9. The monoisotopic (exact) mass is 476 g/mol. The number of rotatable bonds is 9. The van der Waals surface area contributed by atoms with Gasteiger partial charge in [-0.3, -0.25) is 8.98 Å². The zero-order valence-corrected chi connectivity index (χ0v) is 15.5. The van der Waals surface area contributed by atoms with E-state index >= 15 is 0 Å². The van der Waals surface area contributed by atoms with Crippen molar-refractivity contribution < 1.29 is 61.6 Å². The van der Waals surface area contributed by atoms with Crippen molar-refractivity contribution in [3.8, 4) is 0 Å². The number of benzene rings is 1. The fraction of sp³-hybridized carbons (Fsp3) is 0.533. The van der Waals surface area contributed by atoms with Crippen molar-refractivity contribution in [1.82, 2.24) is 0 Å². The highest BCUT2D eigenvalue weighted by Crippen LogP contribution is 2.55. The second-order valence-corrected chi connectivity index (χ2v) is 7.27. The lowest BCUT2D eigenvalue weighted by Gasteiger charge is -2.32. The first kappa shape index (κ1) is 26.0. The van der Waals surface area contributed by atoms with Gasteiger partial charge in [-0.2, -0.15) is 47.9 Å². The molecule has 0 bridgehead atoms. The Kier molecular flexibility index (Phi) is 7.46. The van der Waals surface area contributed by atoms with Gasteiger partial charge in [-0.1, -0.05) is 30.3 Å². The Balaban J connectivity index is 3.25. The van der Waals surface area contributed by atoms with Gasteiger partial charge in [-0.05, 0) is 12.5 Å². The summed E-state index contributed by atoms with van der Waals surface area (Å²) in [6.07, 6.45) is -7.20. The number of hydrogen-bond donors (Lipinski definition) is 0. The molecule has 0 saturated carbocycles. The molecule has 1 aromatic carbocycles. The van der Waals surface area contributed by atoms with E-state index in [9.17, 15) is 52.7 Å². The van der Waals surface area contributed by atoms with Gasteiger partial charge in [0, 0.05) is 0 Å². The highest BCUT2D eigenvalue weighted by Gasteiger charge is 2.85. The summed E-state index contributed by atoms with van der Waals surface area (Å²) >= 11 is 0. The van der Waals surface area contributed by atoms with Crippen LogP contribution in [0.3, 0.4) is 0 Å². The molecule has 30 heavy (non-hydrogen) atoms. The summed E-state index contributed by atoms with van der Waals surface area (Å²) in [5.41, 5.74) is -0.0955. The minimum absolute atomic E-state index is 0.0955. The predicted molar refractivity (Wildman–Crippen MR) is 81.6 cm³/mol. The summed E-state index contributed by atoms with van der Waals surface area (Å²) in [6.45, 7) is -0.596. The maximum Gasteiger partial charge on any atom is 0.460 e. The highest BCUT2D eigenvalue weighted by atomic mass is 32.2. The van der Waals surface area contributed by atoms with E-state index in [1.165, 1.54) is 37.3 Å². The molecule has 1 unspecified atom stereocenters. The van der Waals surface area contributed by atoms with Gasteiger partial charge >= 0.3 is 39.4 Å². The number of carbonyl (C=O) groups excluding carboxylic acids is 1. The van der Waals surface area contributed by atoms with Gasteiger partial charge in [-0.25, -0.2) is 0 Å². The number of carbonyl (C=O) groups is 1. The largest absolute Gasteiger partial charge is 0.465 e. The quantitative estimate of drug-likeness (QED) is 0.305. The minimum Gasteiger partial charge on any atom is -0.465 e. The average Bonchev–Trinajstić information content (AvgIpc) is 2.61. The molecule has 0 radical (unpaired) electrons. The summed E-state index contributed by atoms with van der Waals surface area (Å²) in [4.78, 5) is 11.9. The zero-order valence-electron chi connectivity index (χ0n) is 14.7. The van der Waals surface area contributed by atoms with Crippen molar-refractivity contribution in [2.75, 3.05) is 13.2 Å². The van der Waals surface area contributed by atoms with E-state index in [0.717, 1.165) is 0 Å². The van der Waals surface area contributed by atoms with Crippen LogP contribution in [-0.4, -0.2) is 50.9 Å². The van der Waals surface area contributed by atoms with Crippen LogP contribution in [0.2, 0.25) is 0 Å². The molecule has 1 atom stereocenters. The van der Waals surface area contributed by atoms with E-state index < -0.39 is 51.9 Å². The van der Waals surface area contributed by atoms with Crippen molar-refractivity contribution in [2.45, 2.75) is 36.1 Å². The van der Waals surface area contributed by atoms with E-state index in [2.05, 4.69) is 8.92 Å². The van der Waals surface area contributed by atoms with Crippen molar-refractivity contribution >= 4 is 16.1 Å². The summed E-state index contributed by atoms with van der Waals surface area (Å²) in [5.74, 6) is -17.9. The lowest BCUT2D eigenvalue weighted by Crippen LogP contribution is -2.63. The number of esters is 1. The molecule has 0 N–H and O–H groups in total. The maximum atomic E-state index is 13.6. The summed E-state index contributed by atoms with van der Waals surface area (Å²) < 4.78 is 147. The predicted octanol–water partition coefficient (Wildman–Crippen LogP) is 4.11. The first-order valence-corrected chi connectivity index (χ1v) is 9.15. The van der Waals surface area contributed by atoms with Gasteiger partial charge in [-0.15, -0.1) is 0 Å². The SMILES string of the molecule is CCOC(=O)C(COS(=O)(=O)C(F)(F)C(F)(F)C(F)(F)C(F)(F)F)c1ccccc1. The van der Waals surface area contributed by atoms with Crippen LogP contribution in [0.5, 0.6) is 0 Å². The molecule has 15 heteroatoms. The van der Waals surface area contributed by atoms with E-state index in [1.54, 1.807) is 0 Å². The summed E-state index contributed by atoms with van der Waals surface area (Å²) in [6, 6.07) is 6.38. The van der Waals surface area contributed by atoms with E-state index in [4.69, 9.17) is 0 Å². The molecular formula is C15H13F9O5S. The van der Waals surface area contributed by atoms with Gasteiger partial charge in [0.1, 0.15) is 5.92 Å². The van der Waals surface area contributed by atoms with Gasteiger partial charge in [0.2, 0.25) is 0 Å². The number of halogens is 9. The average molecular weight is 476 g/mol. The fourth-order valence-electron chi connectivity index (χ4n) is 1.98. The van der Waals surface area contributed by atoms with Crippen LogP contribution in [0.25, 0.3) is 0 Å². The highest BCUT2D eigenvalue weighted by molar-refractivity contribution is 7.87. The van der Waals surface area contributed by atoms with Gasteiger partial charge in [0.25, 0.3) is 0 Å².